The van der Waals surface area contributed by atoms with E-state index in [0.29, 0.717) is 5.69 Å². The van der Waals surface area contributed by atoms with Crippen LogP contribution in [-0.4, -0.2) is 55.2 Å². The van der Waals surface area contributed by atoms with E-state index in [1.165, 1.54) is 6.20 Å². The maximum absolute atomic E-state index is 11.1. The zero-order valence-electron chi connectivity index (χ0n) is 10.8. The van der Waals surface area contributed by atoms with E-state index in [1.54, 1.807) is 6.07 Å². The molecule has 1 N–H and O–H groups in total. The molecule has 0 aliphatic rings. The Labute approximate surface area is 102 Å². The first-order chi connectivity index (χ1) is 7.91. The van der Waals surface area contributed by atoms with Crippen LogP contribution in [0.25, 0.3) is 0 Å². The fourth-order valence-electron chi connectivity index (χ4n) is 1.50. The third kappa shape index (κ3) is 3.71. The second kappa shape index (κ2) is 5.63. The maximum Gasteiger partial charge on any atom is 0.339 e. The smallest absolute Gasteiger partial charge is 0.339 e. The van der Waals surface area contributed by atoms with Crippen molar-refractivity contribution in [3.63, 3.8) is 0 Å². The predicted molar refractivity (Wildman–Crippen MR) is 67.8 cm³/mol. The van der Waals surface area contributed by atoms with E-state index in [-0.39, 0.29) is 5.56 Å². The quantitative estimate of drug-likeness (QED) is 0.830. The number of likely N-dealkylation sites (N-methyl/N-ethyl adjacent to an activating group) is 2. The lowest BCUT2D eigenvalue weighted by atomic mass is 10.2. The highest BCUT2D eigenvalue weighted by molar-refractivity contribution is 5.94. The van der Waals surface area contributed by atoms with Crippen molar-refractivity contribution in [2.45, 2.75) is 6.92 Å². The summed E-state index contributed by atoms with van der Waals surface area (Å²) in [5.41, 5.74) is 1.78. The van der Waals surface area contributed by atoms with Crippen molar-refractivity contribution in [1.82, 2.24) is 9.88 Å². The summed E-state index contributed by atoms with van der Waals surface area (Å²) in [6.07, 6.45) is 1.42. The van der Waals surface area contributed by atoms with E-state index in [1.807, 2.05) is 33.0 Å². The summed E-state index contributed by atoms with van der Waals surface area (Å²) in [5.74, 6) is -0.941. The molecule has 0 fully saturated rings. The van der Waals surface area contributed by atoms with Gasteiger partial charge in [-0.3, -0.25) is 4.98 Å². The standard InChI is InChI=1S/C12H19N3O2/c1-9-7-11(10(8-13-9)12(16)17)15(4)6-5-14(2)3/h7-8H,5-6H2,1-4H3,(H,16,17). The van der Waals surface area contributed by atoms with Crippen molar-refractivity contribution in [2.75, 3.05) is 39.1 Å². The lowest BCUT2D eigenvalue weighted by molar-refractivity contribution is 0.0697. The van der Waals surface area contributed by atoms with Gasteiger partial charge in [-0.2, -0.15) is 0 Å². The van der Waals surface area contributed by atoms with Crippen molar-refractivity contribution in [3.05, 3.63) is 23.5 Å². The summed E-state index contributed by atoms with van der Waals surface area (Å²) in [4.78, 5) is 19.1. The number of rotatable bonds is 5. The molecule has 0 saturated carbocycles. The summed E-state index contributed by atoms with van der Waals surface area (Å²) in [6, 6.07) is 1.80. The molecule has 0 saturated heterocycles. The third-order valence-electron chi connectivity index (χ3n) is 2.54. The normalized spacial score (nSPS) is 10.6. The molecule has 94 valence electrons. The van der Waals surface area contributed by atoms with E-state index >= 15 is 0 Å². The lowest BCUT2D eigenvalue weighted by Gasteiger charge is -2.23. The highest BCUT2D eigenvalue weighted by atomic mass is 16.4. The van der Waals surface area contributed by atoms with E-state index in [0.717, 1.165) is 18.8 Å². The van der Waals surface area contributed by atoms with Gasteiger partial charge in [0, 0.05) is 32.0 Å². The number of nitrogens with zero attached hydrogens (tertiary/aromatic N) is 3. The van der Waals surface area contributed by atoms with Gasteiger partial charge in [-0.15, -0.1) is 0 Å². The topological polar surface area (TPSA) is 56.7 Å². The number of carboxylic acid groups (broad SMARTS) is 1. The Bertz CT molecular complexity index is 405. The number of carbonyl (C=O) groups is 1. The molecule has 5 nitrogen and oxygen atoms in total. The van der Waals surface area contributed by atoms with Gasteiger partial charge in [0.1, 0.15) is 5.56 Å². The maximum atomic E-state index is 11.1. The summed E-state index contributed by atoms with van der Waals surface area (Å²) >= 11 is 0. The van der Waals surface area contributed by atoms with E-state index in [9.17, 15) is 4.79 Å². The molecule has 1 aromatic heterocycles. The van der Waals surface area contributed by atoms with Crippen LogP contribution < -0.4 is 4.90 Å². The van der Waals surface area contributed by atoms with Crippen LogP contribution in [0, 0.1) is 6.92 Å². The van der Waals surface area contributed by atoms with Gasteiger partial charge in [0.15, 0.2) is 0 Å². The van der Waals surface area contributed by atoms with Crippen LogP contribution in [0.3, 0.4) is 0 Å². The molecule has 0 aliphatic carbocycles. The van der Waals surface area contributed by atoms with Crippen molar-refractivity contribution < 1.29 is 9.90 Å². The van der Waals surface area contributed by atoms with Crippen LogP contribution in [0.15, 0.2) is 12.3 Å². The predicted octanol–water partition coefficient (Wildman–Crippen LogP) is 1.09. The van der Waals surface area contributed by atoms with Gasteiger partial charge >= 0.3 is 5.97 Å². The average Bonchev–Trinajstić information content (AvgIpc) is 2.25. The Morgan fingerprint density at radius 2 is 2.00 bits per heavy atom. The van der Waals surface area contributed by atoms with Crippen LogP contribution >= 0.6 is 0 Å². The van der Waals surface area contributed by atoms with Crippen LogP contribution in [0.5, 0.6) is 0 Å². The molecule has 1 aromatic rings. The van der Waals surface area contributed by atoms with Crippen molar-refractivity contribution >= 4 is 11.7 Å². The number of aromatic carboxylic acids is 1. The third-order valence-corrected chi connectivity index (χ3v) is 2.54. The SMILES string of the molecule is Cc1cc(N(C)CCN(C)C)c(C(=O)O)cn1. The van der Waals surface area contributed by atoms with Crippen molar-refractivity contribution in [2.24, 2.45) is 0 Å². The zero-order chi connectivity index (χ0) is 13.0. The van der Waals surface area contributed by atoms with E-state index < -0.39 is 5.97 Å². The molecule has 0 amide bonds. The minimum absolute atomic E-state index is 0.247. The Morgan fingerprint density at radius 3 is 2.53 bits per heavy atom. The van der Waals surface area contributed by atoms with Crippen molar-refractivity contribution in [1.29, 1.82) is 0 Å². The molecule has 0 unspecified atom stereocenters. The number of anilines is 1. The van der Waals surface area contributed by atoms with E-state index in [4.69, 9.17) is 5.11 Å². The average molecular weight is 237 g/mol. The molecular formula is C12H19N3O2. The second-order valence-electron chi connectivity index (χ2n) is 4.37. The van der Waals surface area contributed by atoms with Gasteiger partial charge in [0.25, 0.3) is 0 Å². The fourth-order valence-corrected chi connectivity index (χ4v) is 1.50. The number of carboxylic acids is 1. The number of aryl methyl sites for hydroxylation is 1. The number of hydrogen-bond acceptors (Lipinski definition) is 4. The molecule has 0 bridgehead atoms. The van der Waals surface area contributed by atoms with Gasteiger partial charge in [0.2, 0.25) is 0 Å². The first kappa shape index (κ1) is 13.4. The second-order valence-corrected chi connectivity index (χ2v) is 4.37. The molecule has 0 spiro atoms. The van der Waals surface area contributed by atoms with E-state index in [2.05, 4.69) is 9.88 Å². The molecular weight excluding hydrogens is 218 g/mol. The van der Waals surface area contributed by atoms with Crippen LogP contribution in [0.4, 0.5) is 5.69 Å². The molecule has 0 radical (unpaired) electrons. The number of aromatic nitrogens is 1. The van der Waals surface area contributed by atoms with Gasteiger partial charge in [0.05, 0.1) is 5.69 Å². The Balaban J connectivity index is 2.94. The Hall–Kier alpha value is -1.62. The minimum atomic E-state index is -0.941. The number of pyridine rings is 1. The summed E-state index contributed by atoms with van der Waals surface area (Å²) in [7, 11) is 5.87. The molecule has 0 aliphatic heterocycles. The van der Waals surface area contributed by atoms with Crippen LogP contribution in [-0.2, 0) is 0 Å². The first-order valence-electron chi connectivity index (χ1n) is 5.47. The largest absolute Gasteiger partial charge is 0.478 e. The summed E-state index contributed by atoms with van der Waals surface area (Å²) < 4.78 is 0. The Kier molecular flexibility index (Phi) is 4.45. The molecule has 0 atom stereocenters. The van der Waals surface area contributed by atoms with Crippen LogP contribution in [0.2, 0.25) is 0 Å². The highest BCUT2D eigenvalue weighted by Crippen LogP contribution is 2.19. The summed E-state index contributed by atoms with van der Waals surface area (Å²) in [6.45, 7) is 3.50. The first-order valence-corrected chi connectivity index (χ1v) is 5.47. The number of hydrogen-bond donors (Lipinski definition) is 1. The monoisotopic (exact) mass is 237 g/mol. The molecule has 17 heavy (non-hydrogen) atoms. The van der Waals surface area contributed by atoms with Gasteiger partial charge < -0.3 is 14.9 Å². The molecule has 0 aromatic carbocycles. The minimum Gasteiger partial charge on any atom is -0.478 e. The van der Waals surface area contributed by atoms with Crippen LogP contribution in [0.1, 0.15) is 16.1 Å². The molecule has 1 heterocycles. The lowest BCUT2D eigenvalue weighted by Crippen LogP contribution is -2.29. The van der Waals surface area contributed by atoms with Gasteiger partial charge in [-0.1, -0.05) is 0 Å². The molecule has 1 rings (SSSR count). The van der Waals surface area contributed by atoms with Gasteiger partial charge in [-0.25, -0.2) is 4.79 Å². The van der Waals surface area contributed by atoms with Gasteiger partial charge in [-0.05, 0) is 27.1 Å². The highest BCUT2D eigenvalue weighted by Gasteiger charge is 2.14. The zero-order valence-corrected chi connectivity index (χ0v) is 10.8. The fraction of sp³-hybridized carbons (Fsp3) is 0.500. The molecule has 5 heteroatoms. The van der Waals surface area contributed by atoms with Crippen molar-refractivity contribution in [3.8, 4) is 0 Å². The summed E-state index contributed by atoms with van der Waals surface area (Å²) in [5, 5.41) is 9.11. The Morgan fingerprint density at radius 1 is 1.35 bits per heavy atom.